The van der Waals surface area contributed by atoms with E-state index in [0.717, 1.165) is 18.5 Å². The Morgan fingerprint density at radius 2 is 1.92 bits per heavy atom. The zero-order valence-electron chi connectivity index (χ0n) is 14.8. The van der Waals surface area contributed by atoms with E-state index >= 15 is 0 Å². The lowest BCUT2D eigenvalue weighted by atomic mass is 9.82. The van der Waals surface area contributed by atoms with Crippen molar-refractivity contribution in [3.05, 3.63) is 17.5 Å². The maximum Gasteiger partial charge on any atom is 0.254 e. The summed E-state index contributed by atoms with van der Waals surface area (Å²) in [6, 6.07) is 0.537. The summed E-state index contributed by atoms with van der Waals surface area (Å²) in [6.45, 7) is 2.13. The van der Waals surface area contributed by atoms with Gasteiger partial charge in [0.15, 0.2) is 0 Å². The number of carbonyl (C=O) groups excluding carboxylic acids is 1. The molecule has 0 spiro atoms. The van der Waals surface area contributed by atoms with Gasteiger partial charge in [0.2, 0.25) is 0 Å². The highest BCUT2D eigenvalue weighted by Gasteiger charge is 2.27. The summed E-state index contributed by atoms with van der Waals surface area (Å²) < 4.78 is 2.05. The molecule has 2 aliphatic rings. The monoisotopic (exact) mass is 333 g/mol. The normalized spacial score (nSPS) is 21.1. The van der Waals surface area contributed by atoms with Crippen molar-refractivity contribution in [2.75, 3.05) is 6.61 Å². The molecule has 2 fully saturated rings. The van der Waals surface area contributed by atoms with Gasteiger partial charge in [-0.1, -0.05) is 32.1 Å². The van der Waals surface area contributed by atoms with Crippen LogP contribution >= 0.6 is 0 Å². The number of aliphatic hydroxyl groups excluding tert-OH is 1. The van der Waals surface area contributed by atoms with E-state index in [2.05, 4.69) is 10.4 Å². The zero-order valence-corrected chi connectivity index (χ0v) is 14.8. The van der Waals surface area contributed by atoms with Gasteiger partial charge >= 0.3 is 0 Å². The predicted octanol–water partition coefficient (Wildman–Crippen LogP) is 3.37. The Kier molecular flexibility index (Phi) is 5.93. The minimum absolute atomic E-state index is 0.0271. The molecule has 0 saturated heterocycles. The zero-order chi connectivity index (χ0) is 16.9. The fourth-order valence-corrected chi connectivity index (χ4v) is 4.51. The summed E-state index contributed by atoms with van der Waals surface area (Å²) in [7, 11) is 0. The molecule has 1 atom stereocenters. The molecular weight excluding hydrogens is 302 g/mol. The Bertz CT molecular complexity index is 543. The van der Waals surface area contributed by atoms with Crippen LogP contribution in [-0.4, -0.2) is 33.4 Å². The van der Waals surface area contributed by atoms with Crippen LogP contribution in [0, 0.1) is 12.8 Å². The van der Waals surface area contributed by atoms with Crippen LogP contribution in [0.5, 0.6) is 0 Å². The summed E-state index contributed by atoms with van der Waals surface area (Å²) in [5.74, 6) is 0.473. The number of amides is 1. The third kappa shape index (κ3) is 3.82. The first-order valence-electron chi connectivity index (χ1n) is 9.66. The van der Waals surface area contributed by atoms with Gasteiger partial charge in [0.25, 0.3) is 5.91 Å². The number of aromatic nitrogens is 2. The van der Waals surface area contributed by atoms with Gasteiger partial charge in [-0.25, -0.2) is 0 Å². The molecule has 1 heterocycles. The van der Waals surface area contributed by atoms with Crippen molar-refractivity contribution in [2.45, 2.75) is 83.2 Å². The number of nitrogens with one attached hydrogen (secondary N) is 1. The highest BCUT2D eigenvalue weighted by Crippen LogP contribution is 2.31. The summed E-state index contributed by atoms with van der Waals surface area (Å²) in [4.78, 5) is 12.8. The Morgan fingerprint density at radius 1 is 1.25 bits per heavy atom. The number of aliphatic hydroxyl groups is 1. The molecule has 3 rings (SSSR count). The topological polar surface area (TPSA) is 67.2 Å². The van der Waals surface area contributed by atoms with Gasteiger partial charge in [-0.05, 0) is 44.9 Å². The van der Waals surface area contributed by atoms with Gasteiger partial charge in [0.1, 0.15) is 0 Å². The van der Waals surface area contributed by atoms with Crippen LogP contribution in [0.4, 0.5) is 0 Å². The maximum atomic E-state index is 12.8. The average molecular weight is 333 g/mol. The molecule has 2 N–H and O–H groups in total. The van der Waals surface area contributed by atoms with E-state index in [9.17, 15) is 9.90 Å². The van der Waals surface area contributed by atoms with E-state index in [1.54, 1.807) is 6.20 Å². The van der Waals surface area contributed by atoms with Crippen molar-refractivity contribution in [1.29, 1.82) is 0 Å². The Labute approximate surface area is 144 Å². The lowest BCUT2D eigenvalue weighted by molar-refractivity contribution is 0.0899. The molecule has 2 aliphatic carbocycles. The molecular formula is C19H31N3O2. The SMILES string of the molecule is Cc1c(C(=O)NC(CCO)C2CCCCC2)cnn1C1CCCC1. The van der Waals surface area contributed by atoms with Gasteiger partial charge in [-0.3, -0.25) is 9.48 Å². The third-order valence-corrected chi connectivity index (χ3v) is 5.94. The molecule has 1 aromatic rings. The van der Waals surface area contributed by atoms with Gasteiger partial charge in [0.05, 0.1) is 17.8 Å². The van der Waals surface area contributed by atoms with Crippen molar-refractivity contribution in [1.82, 2.24) is 15.1 Å². The van der Waals surface area contributed by atoms with E-state index in [1.165, 1.54) is 44.9 Å². The molecule has 1 aromatic heterocycles. The smallest absolute Gasteiger partial charge is 0.254 e. The van der Waals surface area contributed by atoms with Crippen LogP contribution in [0.3, 0.4) is 0 Å². The molecule has 0 aliphatic heterocycles. The van der Waals surface area contributed by atoms with E-state index < -0.39 is 0 Å². The third-order valence-electron chi connectivity index (χ3n) is 5.94. The number of rotatable bonds is 6. The van der Waals surface area contributed by atoms with Crippen LogP contribution in [0.1, 0.15) is 86.3 Å². The predicted molar refractivity (Wildman–Crippen MR) is 94.0 cm³/mol. The van der Waals surface area contributed by atoms with Crippen LogP contribution in [-0.2, 0) is 0 Å². The van der Waals surface area contributed by atoms with E-state index in [1.807, 2.05) is 11.6 Å². The Hall–Kier alpha value is -1.36. The molecule has 1 amide bonds. The minimum Gasteiger partial charge on any atom is -0.396 e. The summed E-state index contributed by atoms with van der Waals surface area (Å²) >= 11 is 0. The lowest BCUT2D eigenvalue weighted by Crippen LogP contribution is -2.41. The maximum absolute atomic E-state index is 12.8. The van der Waals surface area contributed by atoms with E-state index in [-0.39, 0.29) is 18.6 Å². The molecule has 0 bridgehead atoms. The quantitative estimate of drug-likeness (QED) is 0.839. The highest BCUT2D eigenvalue weighted by molar-refractivity contribution is 5.95. The molecule has 2 saturated carbocycles. The van der Waals surface area contributed by atoms with E-state index in [0.29, 0.717) is 23.9 Å². The highest BCUT2D eigenvalue weighted by atomic mass is 16.3. The molecule has 5 heteroatoms. The Balaban J connectivity index is 1.68. The molecule has 1 unspecified atom stereocenters. The lowest BCUT2D eigenvalue weighted by Gasteiger charge is -2.30. The largest absolute Gasteiger partial charge is 0.396 e. The fraction of sp³-hybridized carbons (Fsp3) is 0.789. The van der Waals surface area contributed by atoms with Crippen LogP contribution in [0.15, 0.2) is 6.20 Å². The molecule has 0 radical (unpaired) electrons. The first-order valence-corrected chi connectivity index (χ1v) is 9.66. The fourth-order valence-electron chi connectivity index (χ4n) is 4.51. The van der Waals surface area contributed by atoms with Crippen molar-refractivity contribution in [3.8, 4) is 0 Å². The van der Waals surface area contributed by atoms with Gasteiger partial charge in [0, 0.05) is 18.3 Å². The van der Waals surface area contributed by atoms with Crippen LogP contribution in [0.25, 0.3) is 0 Å². The molecule has 134 valence electrons. The molecule has 24 heavy (non-hydrogen) atoms. The van der Waals surface area contributed by atoms with Gasteiger partial charge in [-0.15, -0.1) is 0 Å². The van der Waals surface area contributed by atoms with E-state index in [4.69, 9.17) is 0 Å². The summed E-state index contributed by atoms with van der Waals surface area (Å²) in [5.41, 5.74) is 1.67. The van der Waals surface area contributed by atoms with Crippen LogP contribution < -0.4 is 5.32 Å². The van der Waals surface area contributed by atoms with Crippen molar-refractivity contribution >= 4 is 5.91 Å². The second-order valence-corrected chi connectivity index (χ2v) is 7.52. The number of nitrogens with zero attached hydrogens (tertiary/aromatic N) is 2. The van der Waals surface area contributed by atoms with Crippen molar-refractivity contribution < 1.29 is 9.90 Å². The average Bonchev–Trinajstić information content (AvgIpc) is 3.24. The van der Waals surface area contributed by atoms with Crippen molar-refractivity contribution in [3.63, 3.8) is 0 Å². The Morgan fingerprint density at radius 3 is 2.58 bits per heavy atom. The number of hydrogen-bond acceptors (Lipinski definition) is 3. The second kappa shape index (κ2) is 8.15. The van der Waals surface area contributed by atoms with Crippen molar-refractivity contribution in [2.24, 2.45) is 5.92 Å². The standard InChI is InChI=1S/C19H31N3O2/c1-14-17(13-20-22(14)16-9-5-6-10-16)19(24)21-18(11-12-23)15-7-3-2-4-8-15/h13,15-16,18,23H,2-12H2,1H3,(H,21,24). The van der Waals surface area contributed by atoms with Crippen LogP contribution in [0.2, 0.25) is 0 Å². The van der Waals surface area contributed by atoms with Gasteiger partial charge < -0.3 is 10.4 Å². The second-order valence-electron chi connectivity index (χ2n) is 7.52. The number of hydrogen-bond donors (Lipinski definition) is 2. The first kappa shape index (κ1) is 17.5. The first-order chi connectivity index (χ1) is 11.7. The minimum atomic E-state index is -0.0271. The molecule has 0 aromatic carbocycles. The summed E-state index contributed by atoms with van der Waals surface area (Å²) in [6.07, 6.45) is 13.3. The molecule has 5 nitrogen and oxygen atoms in total. The van der Waals surface area contributed by atoms with Gasteiger partial charge in [-0.2, -0.15) is 5.10 Å². The summed E-state index contributed by atoms with van der Waals surface area (Å²) in [5, 5.41) is 17.1. The number of carbonyl (C=O) groups is 1.